The number of aryl methyl sites for hydroxylation is 1. The second-order valence-corrected chi connectivity index (χ2v) is 6.17. The lowest BCUT2D eigenvalue weighted by molar-refractivity contribution is -0.122. The van der Waals surface area contributed by atoms with E-state index in [1.807, 2.05) is 24.3 Å². The number of hydrogen-bond acceptors (Lipinski definition) is 4. The van der Waals surface area contributed by atoms with Gasteiger partial charge in [0.2, 0.25) is 5.91 Å². The van der Waals surface area contributed by atoms with E-state index in [0.29, 0.717) is 24.5 Å². The van der Waals surface area contributed by atoms with Crippen LogP contribution in [0, 0.1) is 6.92 Å². The van der Waals surface area contributed by atoms with Gasteiger partial charge in [-0.2, -0.15) is 0 Å². The van der Waals surface area contributed by atoms with E-state index >= 15 is 0 Å². The summed E-state index contributed by atoms with van der Waals surface area (Å²) in [5, 5.41) is 2.95. The molecule has 23 heavy (non-hydrogen) atoms. The van der Waals surface area contributed by atoms with Crippen LogP contribution < -0.4 is 5.32 Å². The van der Waals surface area contributed by atoms with Crippen LogP contribution in [0.1, 0.15) is 34.7 Å². The minimum absolute atomic E-state index is 0.0203. The van der Waals surface area contributed by atoms with Gasteiger partial charge in [-0.25, -0.2) is 4.98 Å². The van der Waals surface area contributed by atoms with Crippen LogP contribution in [0.5, 0.6) is 0 Å². The molecule has 2 aromatic rings. The Hall–Kier alpha value is -2.63. The Balaban J connectivity index is 1.69. The van der Waals surface area contributed by atoms with E-state index in [4.69, 9.17) is 4.42 Å². The average Bonchev–Trinajstić information content (AvgIpc) is 3.10. The van der Waals surface area contributed by atoms with Crippen molar-refractivity contribution in [3.63, 3.8) is 0 Å². The minimum atomic E-state index is -0.651. The van der Waals surface area contributed by atoms with Crippen LogP contribution in [0.15, 0.2) is 35.1 Å². The lowest BCUT2D eigenvalue weighted by Crippen LogP contribution is -2.52. The summed E-state index contributed by atoms with van der Waals surface area (Å²) in [5.74, 6) is 0.312. The molecule has 0 saturated carbocycles. The summed E-state index contributed by atoms with van der Waals surface area (Å²) in [4.78, 5) is 31.1. The standard InChI is InChI=1S/C17H17N3O3/c1-11-14(18-10-23-11)15(21)20-8-4-7-17(9-20)12-5-2-3-6-13(12)19-16(17)22/h2-3,5-6,10H,4,7-9H2,1H3,(H,19,22). The molecule has 6 heteroatoms. The number of amides is 2. The van der Waals surface area contributed by atoms with Gasteiger partial charge in [0.1, 0.15) is 5.76 Å². The Morgan fingerprint density at radius 1 is 1.39 bits per heavy atom. The van der Waals surface area contributed by atoms with Crippen molar-refractivity contribution in [1.82, 2.24) is 9.88 Å². The number of anilines is 1. The summed E-state index contributed by atoms with van der Waals surface area (Å²) >= 11 is 0. The van der Waals surface area contributed by atoms with Gasteiger partial charge in [0.25, 0.3) is 5.91 Å². The summed E-state index contributed by atoms with van der Waals surface area (Å²) in [6, 6.07) is 7.72. The number of fused-ring (bicyclic) bond motifs is 2. The van der Waals surface area contributed by atoms with Crippen molar-refractivity contribution in [2.45, 2.75) is 25.2 Å². The smallest absolute Gasteiger partial charge is 0.276 e. The maximum Gasteiger partial charge on any atom is 0.276 e. The van der Waals surface area contributed by atoms with Crippen molar-refractivity contribution >= 4 is 17.5 Å². The third kappa shape index (κ3) is 1.98. The minimum Gasteiger partial charge on any atom is -0.448 e. The van der Waals surface area contributed by atoms with Crippen LogP contribution in [0.25, 0.3) is 0 Å². The number of nitrogens with one attached hydrogen (secondary N) is 1. The van der Waals surface area contributed by atoms with Crippen molar-refractivity contribution in [2.24, 2.45) is 0 Å². The van der Waals surface area contributed by atoms with Crippen molar-refractivity contribution in [2.75, 3.05) is 18.4 Å². The van der Waals surface area contributed by atoms with Crippen molar-refractivity contribution in [3.8, 4) is 0 Å². The first-order chi connectivity index (χ1) is 11.1. The van der Waals surface area contributed by atoms with Gasteiger partial charge in [-0.3, -0.25) is 9.59 Å². The fraction of sp³-hybridized carbons (Fsp3) is 0.353. The zero-order chi connectivity index (χ0) is 16.0. The highest BCUT2D eigenvalue weighted by atomic mass is 16.3. The van der Waals surface area contributed by atoms with E-state index in [-0.39, 0.29) is 11.8 Å². The van der Waals surface area contributed by atoms with Gasteiger partial charge in [-0.15, -0.1) is 0 Å². The first kappa shape index (κ1) is 14.0. The molecular weight excluding hydrogens is 294 g/mol. The number of rotatable bonds is 1. The third-order valence-electron chi connectivity index (χ3n) is 4.85. The molecule has 1 aromatic heterocycles. The second-order valence-electron chi connectivity index (χ2n) is 6.17. The first-order valence-corrected chi connectivity index (χ1v) is 7.72. The zero-order valence-corrected chi connectivity index (χ0v) is 12.8. The van der Waals surface area contributed by atoms with Crippen LogP contribution in [0.4, 0.5) is 5.69 Å². The first-order valence-electron chi connectivity index (χ1n) is 7.72. The fourth-order valence-corrected chi connectivity index (χ4v) is 3.67. The topological polar surface area (TPSA) is 75.4 Å². The van der Waals surface area contributed by atoms with Gasteiger partial charge < -0.3 is 14.6 Å². The molecule has 0 radical (unpaired) electrons. The number of oxazole rings is 1. The fourth-order valence-electron chi connectivity index (χ4n) is 3.67. The maximum atomic E-state index is 12.7. The van der Waals surface area contributed by atoms with Crippen molar-refractivity contribution in [1.29, 1.82) is 0 Å². The number of carbonyl (C=O) groups is 2. The average molecular weight is 311 g/mol. The number of hydrogen-bond donors (Lipinski definition) is 1. The molecule has 2 aliphatic heterocycles. The maximum absolute atomic E-state index is 12.7. The molecule has 2 aliphatic rings. The Morgan fingerprint density at radius 3 is 3.00 bits per heavy atom. The quantitative estimate of drug-likeness (QED) is 0.875. The molecule has 6 nitrogen and oxygen atoms in total. The Bertz CT molecular complexity index is 798. The molecule has 1 aromatic carbocycles. The summed E-state index contributed by atoms with van der Waals surface area (Å²) in [6.45, 7) is 2.72. The zero-order valence-electron chi connectivity index (χ0n) is 12.8. The van der Waals surface area contributed by atoms with Gasteiger partial charge >= 0.3 is 0 Å². The predicted molar refractivity (Wildman–Crippen MR) is 83.1 cm³/mol. The van der Waals surface area contributed by atoms with Gasteiger partial charge in [0, 0.05) is 18.8 Å². The van der Waals surface area contributed by atoms with Gasteiger partial charge in [-0.1, -0.05) is 18.2 Å². The van der Waals surface area contributed by atoms with Crippen LogP contribution in [0.3, 0.4) is 0 Å². The molecule has 2 amide bonds. The normalized spacial score (nSPS) is 23.0. The van der Waals surface area contributed by atoms with Crippen LogP contribution in [-0.2, 0) is 10.2 Å². The highest BCUT2D eigenvalue weighted by Gasteiger charge is 2.50. The van der Waals surface area contributed by atoms with Gasteiger partial charge in [-0.05, 0) is 31.4 Å². The molecule has 0 aliphatic carbocycles. The van der Waals surface area contributed by atoms with E-state index in [0.717, 1.165) is 24.1 Å². The number of para-hydroxylation sites is 1. The third-order valence-corrected chi connectivity index (χ3v) is 4.85. The molecule has 1 N–H and O–H groups in total. The van der Waals surface area contributed by atoms with Crippen LogP contribution >= 0.6 is 0 Å². The molecule has 1 fully saturated rings. The number of piperidine rings is 1. The van der Waals surface area contributed by atoms with E-state index in [1.54, 1.807) is 11.8 Å². The van der Waals surface area contributed by atoms with Crippen molar-refractivity contribution in [3.05, 3.63) is 47.7 Å². The predicted octanol–water partition coefficient (Wildman–Crippen LogP) is 2.11. The lowest BCUT2D eigenvalue weighted by Gasteiger charge is -2.38. The van der Waals surface area contributed by atoms with Crippen molar-refractivity contribution < 1.29 is 14.0 Å². The van der Waals surface area contributed by atoms with Crippen LogP contribution in [-0.4, -0.2) is 34.8 Å². The summed E-state index contributed by atoms with van der Waals surface area (Å²) in [5.41, 5.74) is 1.51. The molecule has 1 atom stereocenters. The summed E-state index contributed by atoms with van der Waals surface area (Å²) in [6.07, 6.45) is 2.81. The molecule has 1 spiro atoms. The molecule has 0 bridgehead atoms. The summed E-state index contributed by atoms with van der Waals surface area (Å²) in [7, 11) is 0. The second kappa shape index (κ2) is 4.94. The number of carbonyl (C=O) groups excluding carboxylic acids is 2. The molecular formula is C17H17N3O3. The summed E-state index contributed by atoms with van der Waals surface area (Å²) < 4.78 is 5.13. The number of nitrogens with zero attached hydrogens (tertiary/aromatic N) is 2. The number of likely N-dealkylation sites (tertiary alicyclic amines) is 1. The molecule has 118 valence electrons. The number of benzene rings is 1. The Morgan fingerprint density at radius 2 is 2.22 bits per heavy atom. The monoisotopic (exact) mass is 311 g/mol. The highest BCUT2D eigenvalue weighted by Crippen LogP contribution is 2.43. The SMILES string of the molecule is Cc1ocnc1C(=O)N1CCCC2(C1)C(=O)Nc1ccccc12. The largest absolute Gasteiger partial charge is 0.448 e. The van der Waals surface area contributed by atoms with Gasteiger partial charge in [0.15, 0.2) is 12.1 Å². The molecule has 3 heterocycles. The molecule has 1 saturated heterocycles. The van der Waals surface area contributed by atoms with Gasteiger partial charge in [0.05, 0.1) is 5.41 Å². The molecule has 4 rings (SSSR count). The van der Waals surface area contributed by atoms with E-state index in [2.05, 4.69) is 10.3 Å². The highest BCUT2D eigenvalue weighted by molar-refractivity contribution is 6.07. The molecule has 1 unspecified atom stereocenters. The Kier molecular flexibility index (Phi) is 3.01. The van der Waals surface area contributed by atoms with Crippen LogP contribution in [0.2, 0.25) is 0 Å². The van der Waals surface area contributed by atoms with E-state index in [9.17, 15) is 9.59 Å². The van der Waals surface area contributed by atoms with E-state index in [1.165, 1.54) is 6.39 Å². The van der Waals surface area contributed by atoms with E-state index < -0.39 is 5.41 Å². The Labute approximate surface area is 133 Å². The lowest BCUT2D eigenvalue weighted by atomic mass is 9.75. The number of aromatic nitrogens is 1.